The highest BCUT2D eigenvalue weighted by Crippen LogP contribution is 2.36. The molecule has 0 bridgehead atoms. The van der Waals surface area contributed by atoms with E-state index in [1.165, 1.54) is 5.69 Å². The van der Waals surface area contributed by atoms with Gasteiger partial charge in [-0.15, -0.1) is 0 Å². The molecule has 4 heteroatoms. The molecule has 0 saturated heterocycles. The van der Waals surface area contributed by atoms with Crippen LogP contribution in [-0.4, -0.2) is 10.5 Å². The molecule has 3 nitrogen and oxygen atoms in total. The van der Waals surface area contributed by atoms with Crippen molar-refractivity contribution in [2.75, 3.05) is 0 Å². The van der Waals surface area contributed by atoms with E-state index in [-0.39, 0.29) is 5.91 Å². The minimum absolute atomic E-state index is 0.295. The van der Waals surface area contributed by atoms with Crippen molar-refractivity contribution in [1.82, 2.24) is 4.57 Å². The van der Waals surface area contributed by atoms with E-state index in [9.17, 15) is 4.79 Å². The van der Waals surface area contributed by atoms with Crippen LogP contribution in [0.5, 0.6) is 0 Å². The summed E-state index contributed by atoms with van der Waals surface area (Å²) in [5, 5.41) is 0. The molecule has 0 aliphatic carbocycles. The van der Waals surface area contributed by atoms with Crippen LogP contribution in [0.25, 0.3) is 11.1 Å². The zero-order valence-electron chi connectivity index (χ0n) is 13.6. The Kier molecular flexibility index (Phi) is 5.12. The van der Waals surface area contributed by atoms with Gasteiger partial charge < -0.3 is 10.3 Å². The quantitative estimate of drug-likeness (QED) is 0.810. The van der Waals surface area contributed by atoms with Gasteiger partial charge in [0.05, 0.1) is 5.56 Å². The van der Waals surface area contributed by atoms with E-state index >= 15 is 0 Å². The summed E-state index contributed by atoms with van der Waals surface area (Å²) in [6, 6.07) is 8.36. The first kappa shape index (κ1) is 16.8. The largest absolute Gasteiger partial charge is 0.366 e. The summed E-state index contributed by atoms with van der Waals surface area (Å²) in [7, 11) is 0. The number of halogens is 1. The highest BCUT2D eigenvalue weighted by molar-refractivity contribution is 9.10. The molecule has 0 aliphatic heterocycles. The third-order valence-electron chi connectivity index (χ3n) is 3.94. The van der Waals surface area contributed by atoms with Crippen molar-refractivity contribution < 1.29 is 4.79 Å². The fourth-order valence-electron chi connectivity index (χ4n) is 3.18. The molecular formula is C18H23BrN2O. The van der Waals surface area contributed by atoms with E-state index in [0.29, 0.717) is 11.6 Å². The molecule has 1 amide bonds. The van der Waals surface area contributed by atoms with Crippen molar-refractivity contribution in [3.05, 3.63) is 45.7 Å². The maximum Gasteiger partial charge on any atom is 0.251 e. The molecule has 2 rings (SSSR count). The third-order valence-corrected chi connectivity index (χ3v) is 4.46. The highest BCUT2D eigenvalue weighted by atomic mass is 79.9. The summed E-state index contributed by atoms with van der Waals surface area (Å²) in [6.45, 7) is 8.43. The number of amides is 1. The van der Waals surface area contributed by atoms with E-state index in [1.807, 2.05) is 31.2 Å². The van der Waals surface area contributed by atoms with Gasteiger partial charge in [0, 0.05) is 27.5 Å². The molecule has 1 aromatic carbocycles. The van der Waals surface area contributed by atoms with Gasteiger partial charge in [-0.2, -0.15) is 0 Å². The fourth-order valence-corrected chi connectivity index (χ4v) is 3.44. The number of hydrogen-bond donors (Lipinski definition) is 1. The van der Waals surface area contributed by atoms with E-state index in [1.54, 1.807) is 0 Å². The Morgan fingerprint density at radius 1 is 1.27 bits per heavy atom. The Bertz CT molecular complexity index is 684. The topological polar surface area (TPSA) is 48.0 Å². The second kappa shape index (κ2) is 6.69. The summed E-state index contributed by atoms with van der Waals surface area (Å²) < 4.78 is 3.27. The van der Waals surface area contributed by atoms with Crippen LogP contribution >= 0.6 is 15.9 Å². The molecule has 0 atom stereocenters. The first-order chi connectivity index (χ1) is 10.4. The van der Waals surface area contributed by atoms with Gasteiger partial charge in [0.2, 0.25) is 0 Å². The van der Waals surface area contributed by atoms with Gasteiger partial charge in [-0.3, -0.25) is 4.79 Å². The summed E-state index contributed by atoms with van der Waals surface area (Å²) in [5.74, 6) is -0.354. The van der Waals surface area contributed by atoms with Crippen LogP contribution in [0.15, 0.2) is 28.7 Å². The van der Waals surface area contributed by atoms with Crippen molar-refractivity contribution in [1.29, 1.82) is 0 Å². The Labute approximate surface area is 140 Å². The number of rotatable bonds is 5. The number of hydrogen-bond acceptors (Lipinski definition) is 1. The van der Waals surface area contributed by atoms with E-state index in [0.717, 1.165) is 34.1 Å². The Hall–Kier alpha value is -1.55. The van der Waals surface area contributed by atoms with Crippen molar-refractivity contribution in [3.8, 4) is 11.1 Å². The molecule has 2 N–H and O–H groups in total. The Morgan fingerprint density at radius 2 is 1.86 bits per heavy atom. The minimum atomic E-state index is -0.354. The van der Waals surface area contributed by atoms with E-state index < -0.39 is 0 Å². The first-order valence-corrected chi connectivity index (χ1v) is 8.47. The zero-order chi connectivity index (χ0) is 16.4. The van der Waals surface area contributed by atoms with Crippen LogP contribution in [0.1, 0.15) is 55.0 Å². The van der Waals surface area contributed by atoms with E-state index in [4.69, 9.17) is 5.73 Å². The summed E-state index contributed by atoms with van der Waals surface area (Å²) >= 11 is 3.46. The summed E-state index contributed by atoms with van der Waals surface area (Å²) in [6.07, 6.45) is 1.95. The van der Waals surface area contributed by atoms with Crippen molar-refractivity contribution >= 4 is 21.8 Å². The molecule has 22 heavy (non-hydrogen) atoms. The molecular weight excluding hydrogens is 340 g/mol. The summed E-state index contributed by atoms with van der Waals surface area (Å²) in [5.41, 5.74) is 10.6. The average molecular weight is 363 g/mol. The Morgan fingerprint density at radius 3 is 2.32 bits per heavy atom. The van der Waals surface area contributed by atoms with Crippen LogP contribution in [0.4, 0.5) is 0 Å². The van der Waals surface area contributed by atoms with E-state index in [2.05, 4.69) is 41.3 Å². The van der Waals surface area contributed by atoms with Crippen molar-refractivity contribution in [3.63, 3.8) is 0 Å². The van der Waals surface area contributed by atoms with Gasteiger partial charge >= 0.3 is 0 Å². The lowest BCUT2D eigenvalue weighted by Crippen LogP contribution is -2.14. The van der Waals surface area contributed by atoms with Crippen molar-refractivity contribution in [2.24, 2.45) is 5.73 Å². The highest BCUT2D eigenvalue weighted by Gasteiger charge is 2.25. The standard InChI is InChI=1S/C18H23BrN2O/c1-5-6-15-17(13-7-9-14(19)10-8-13)16(18(20)22)12(4)21(15)11(2)3/h7-11H,5-6H2,1-4H3,(H2,20,22). The smallest absolute Gasteiger partial charge is 0.251 e. The van der Waals surface area contributed by atoms with Crippen molar-refractivity contribution in [2.45, 2.75) is 46.6 Å². The second-order valence-electron chi connectivity index (χ2n) is 5.87. The van der Waals surface area contributed by atoms with Gasteiger partial charge in [0.25, 0.3) is 5.91 Å². The lowest BCUT2D eigenvalue weighted by Gasteiger charge is -2.16. The number of nitrogens with two attached hydrogens (primary N) is 1. The Balaban J connectivity index is 2.81. The summed E-state index contributed by atoms with van der Waals surface area (Å²) in [4.78, 5) is 12.1. The molecule has 0 radical (unpaired) electrons. The van der Waals surface area contributed by atoms with Crippen LogP contribution in [0.3, 0.4) is 0 Å². The SMILES string of the molecule is CCCc1c(-c2ccc(Br)cc2)c(C(N)=O)c(C)n1C(C)C. The predicted molar refractivity (Wildman–Crippen MR) is 95.2 cm³/mol. The average Bonchev–Trinajstić information content (AvgIpc) is 2.73. The van der Waals surface area contributed by atoms with Gasteiger partial charge in [-0.1, -0.05) is 41.4 Å². The zero-order valence-corrected chi connectivity index (χ0v) is 15.2. The molecule has 0 aliphatic rings. The van der Waals surface area contributed by atoms with Crippen LogP contribution in [0, 0.1) is 6.92 Å². The van der Waals surface area contributed by atoms with Gasteiger partial charge in [-0.25, -0.2) is 0 Å². The number of primary amides is 1. The third kappa shape index (κ3) is 2.98. The molecule has 1 heterocycles. The lowest BCUT2D eigenvalue weighted by atomic mass is 9.98. The van der Waals surface area contributed by atoms with Crippen LogP contribution < -0.4 is 5.73 Å². The fraction of sp³-hybridized carbons (Fsp3) is 0.389. The predicted octanol–water partition coefficient (Wildman–Crippen LogP) is 4.86. The van der Waals surface area contributed by atoms with Gasteiger partial charge in [0.15, 0.2) is 0 Å². The molecule has 118 valence electrons. The molecule has 0 fully saturated rings. The normalized spacial score (nSPS) is 11.2. The van der Waals surface area contributed by atoms with Crippen LogP contribution in [-0.2, 0) is 6.42 Å². The van der Waals surface area contributed by atoms with Gasteiger partial charge in [0.1, 0.15) is 0 Å². The second-order valence-corrected chi connectivity index (χ2v) is 6.78. The first-order valence-electron chi connectivity index (χ1n) is 7.67. The number of benzene rings is 1. The number of aromatic nitrogens is 1. The van der Waals surface area contributed by atoms with Gasteiger partial charge in [-0.05, 0) is 44.9 Å². The molecule has 0 saturated carbocycles. The number of carbonyl (C=O) groups excluding carboxylic acids is 1. The monoisotopic (exact) mass is 362 g/mol. The van der Waals surface area contributed by atoms with Crippen LogP contribution in [0.2, 0.25) is 0 Å². The maximum atomic E-state index is 12.1. The molecule has 0 spiro atoms. The maximum absolute atomic E-state index is 12.1. The number of carbonyl (C=O) groups is 1. The molecule has 2 aromatic rings. The number of nitrogens with zero attached hydrogens (tertiary/aromatic N) is 1. The molecule has 1 aromatic heterocycles. The lowest BCUT2D eigenvalue weighted by molar-refractivity contribution is 0.1000. The minimum Gasteiger partial charge on any atom is -0.366 e. The molecule has 0 unspecified atom stereocenters.